The number of hydrogen-bond acceptors (Lipinski definition) is 4. The molecule has 0 bridgehead atoms. The SMILES string of the molecule is CN=C(NCCCC(=O)N1Cc2ccccc2C1)N1CCN(c2cccs2)CC1.I. The summed E-state index contributed by atoms with van der Waals surface area (Å²) in [5, 5.41) is 6.91. The number of thiophene rings is 1. The van der Waals surface area contributed by atoms with E-state index in [0.29, 0.717) is 6.42 Å². The third kappa shape index (κ3) is 5.46. The van der Waals surface area contributed by atoms with Crippen LogP contribution in [0.25, 0.3) is 0 Å². The summed E-state index contributed by atoms with van der Waals surface area (Å²) in [4.78, 5) is 23.7. The van der Waals surface area contributed by atoms with Crippen molar-refractivity contribution in [2.75, 3.05) is 44.7 Å². The fourth-order valence-electron chi connectivity index (χ4n) is 4.03. The minimum atomic E-state index is 0. The van der Waals surface area contributed by atoms with E-state index in [1.165, 1.54) is 16.1 Å². The van der Waals surface area contributed by atoms with E-state index >= 15 is 0 Å². The smallest absolute Gasteiger partial charge is 0.223 e. The molecule has 2 aromatic rings. The van der Waals surface area contributed by atoms with Gasteiger partial charge in [0.15, 0.2) is 5.96 Å². The van der Waals surface area contributed by atoms with E-state index in [1.807, 2.05) is 24.1 Å². The summed E-state index contributed by atoms with van der Waals surface area (Å²) in [6.07, 6.45) is 1.39. The summed E-state index contributed by atoms with van der Waals surface area (Å²) in [7, 11) is 1.83. The highest BCUT2D eigenvalue weighted by molar-refractivity contribution is 14.0. The summed E-state index contributed by atoms with van der Waals surface area (Å²) in [5.41, 5.74) is 2.56. The molecule has 1 aromatic heterocycles. The molecule has 162 valence electrons. The van der Waals surface area contributed by atoms with Crippen LogP contribution in [0.4, 0.5) is 5.00 Å². The van der Waals surface area contributed by atoms with E-state index in [-0.39, 0.29) is 29.9 Å². The van der Waals surface area contributed by atoms with Crippen molar-refractivity contribution >= 4 is 52.2 Å². The van der Waals surface area contributed by atoms with Crippen LogP contribution in [0.3, 0.4) is 0 Å². The fraction of sp³-hybridized carbons (Fsp3) is 0.455. The lowest BCUT2D eigenvalue weighted by molar-refractivity contribution is -0.131. The average Bonchev–Trinajstić information content (AvgIpc) is 3.44. The summed E-state index contributed by atoms with van der Waals surface area (Å²) in [5.74, 6) is 1.18. The van der Waals surface area contributed by atoms with Crippen molar-refractivity contribution in [1.29, 1.82) is 0 Å². The molecule has 1 fully saturated rings. The third-order valence-corrected chi connectivity index (χ3v) is 6.58. The number of carbonyl (C=O) groups is 1. The molecule has 0 radical (unpaired) electrons. The second-order valence-corrected chi connectivity index (χ2v) is 8.45. The quantitative estimate of drug-likeness (QED) is 0.274. The molecule has 0 spiro atoms. The number of piperazine rings is 1. The highest BCUT2D eigenvalue weighted by atomic mass is 127. The van der Waals surface area contributed by atoms with E-state index < -0.39 is 0 Å². The second-order valence-electron chi connectivity index (χ2n) is 7.52. The Balaban J connectivity index is 0.00000256. The van der Waals surface area contributed by atoms with Gasteiger partial charge < -0.3 is 20.0 Å². The normalized spacial score (nSPS) is 16.3. The van der Waals surface area contributed by atoms with Crippen molar-refractivity contribution in [3.05, 3.63) is 52.9 Å². The monoisotopic (exact) mass is 539 g/mol. The predicted octanol–water partition coefficient (Wildman–Crippen LogP) is 3.39. The first-order valence-electron chi connectivity index (χ1n) is 10.3. The minimum Gasteiger partial charge on any atom is -0.360 e. The summed E-state index contributed by atoms with van der Waals surface area (Å²) >= 11 is 1.80. The topological polar surface area (TPSA) is 51.2 Å². The van der Waals surface area contributed by atoms with Gasteiger partial charge in [-0.2, -0.15) is 0 Å². The maximum atomic E-state index is 12.5. The van der Waals surface area contributed by atoms with Crippen LogP contribution in [-0.4, -0.2) is 61.4 Å². The molecule has 0 atom stereocenters. The highest BCUT2D eigenvalue weighted by Crippen LogP contribution is 2.23. The van der Waals surface area contributed by atoms with E-state index in [1.54, 1.807) is 11.3 Å². The van der Waals surface area contributed by atoms with Crippen LogP contribution in [0.2, 0.25) is 0 Å². The molecule has 2 aliphatic rings. The first kappa shape index (κ1) is 22.9. The first-order chi connectivity index (χ1) is 14.2. The minimum absolute atomic E-state index is 0. The molecule has 3 heterocycles. The number of anilines is 1. The first-order valence-corrected chi connectivity index (χ1v) is 11.2. The largest absolute Gasteiger partial charge is 0.360 e. The summed E-state index contributed by atoms with van der Waals surface area (Å²) < 4.78 is 0. The highest BCUT2D eigenvalue weighted by Gasteiger charge is 2.23. The number of halogens is 1. The van der Waals surface area contributed by atoms with Gasteiger partial charge >= 0.3 is 0 Å². The molecule has 1 aromatic carbocycles. The molecule has 0 aliphatic carbocycles. The van der Waals surface area contributed by atoms with Crippen LogP contribution in [0.1, 0.15) is 24.0 Å². The van der Waals surface area contributed by atoms with Crippen molar-refractivity contribution < 1.29 is 4.79 Å². The number of rotatable bonds is 5. The number of amides is 1. The zero-order valence-electron chi connectivity index (χ0n) is 17.4. The number of fused-ring (bicyclic) bond motifs is 1. The van der Waals surface area contributed by atoms with Crippen molar-refractivity contribution in [2.45, 2.75) is 25.9 Å². The van der Waals surface area contributed by atoms with E-state index in [2.05, 4.69) is 49.8 Å². The molecule has 1 amide bonds. The van der Waals surface area contributed by atoms with Crippen molar-refractivity contribution in [2.24, 2.45) is 4.99 Å². The maximum Gasteiger partial charge on any atom is 0.223 e. The molecule has 6 nitrogen and oxygen atoms in total. The van der Waals surface area contributed by atoms with Gasteiger partial charge in [0, 0.05) is 59.3 Å². The lowest BCUT2D eigenvalue weighted by atomic mass is 10.1. The van der Waals surface area contributed by atoms with Crippen molar-refractivity contribution in [1.82, 2.24) is 15.1 Å². The second kappa shape index (κ2) is 11.0. The van der Waals surface area contributed by atoms with Gasteiger partial charge in [0.05, 0.1) is 5.00 Å². The van der Waals surface area contributed by atoms with Crippen molar-refractivity contribution in [3.8, 4) is 0 Å². The zero-order chi connectivity index (χ0) is 20.1. The third-order valence-electron chi connectivity index (χ3n) is 5.65. The Morgan fingerprint density at radius 2 is 1.73 bits per heavy atom. The molecule has 1 N–H and O–H groups in total. The Hall–Kier alpha value is -1.81. The lowest BCUT2D eigenvalue weighted by Gasteiger charge is -2.37. The Morgan fingerprint density at radius 3 is 2.33 bits per heavy atom. The predicted molar refractivity (Wildman–Crippen MR) is 135 cm³/mol. The van der Waals surface area contributed by atoms with E-state index in [0.717, 1.165) is 58.2 Å². The number of benzene rings is 1. The number of hydrogen-bond donors (Lipinski definition) is 1. The fourth-order valence-corrected chi connectivity index (χ4v) is 4.81. The standard InChI is InChI=1S/C22H29N5OS.HI/c1-23-22(26-13-11-25(12-14-26)21-9-5-15-29-21)24-10-4-8-20(28)27-16-18-6-2-3-7-19(18)17-27;/h2-3,5-7,9,15H,4,8,10-14,16-17H2,1H3,(H,23,24);1H. The Morgan fingerprint density at radius 1 is 1.03 bits per heavy atom. The molecule has 0 saturated carbocycles. The zero-order valence-corrected chi connectivity index (χ0v) is 20.6. The van der Waals surface area contributed by atoms with Crippen LogP contribution in [0.5, 0.6) is 0 Å². The molecule has 30 heavy (non-hydrogen) atoms. The van der Waals surface area contributed by atoms with Crippen LogP contribution in [-0.2, 0) is 17.9 Å². The maximum absolute atomic E-state index is 12.5. The van der Waals surface area contributed by atoms with Crippen LogP contribution in [0.15, 0.2) is 46.8 Å². The molecule has 0 unspecified atom stereocenters. The number of aliphatic imine (C=N–C) groups is 1. The van der Waals surface area contributed by atoms with Crippen LogP contribution >= 0.6 is 35.3 Å². The average molecular weight is 539 g/mol. The van der Waals surface area contributed by atoms with Gasteiger partial charge in [-0.15, -0.1) is 35.3 Å². The molecular formula is C22H30IN5OS. The van der Waals surface area contributed by atoms with Gasteiger partial charge in [-0.05, 0) is 35.1 Å². The van der Waals surface area contributed by atoms with E-state index in [4.69, 9.17) is 0 Å². The van der Waals surface area contributed by atoms with Gasteiger partial charge in [-0.1, -0.05) is 24.3 Å². The molecule has 8 heteroatoms. The summed E-state index contributed by atoms with van der Waals surface area (Å²) in [6.45, 7) is 6.21. The number of nitrogens with zero attached hydrogens (tertiary/aromatic N) is 4. The number of carbonyl (C=O) groups excluding carboxylic acids is 1. The molecular weight excluding hydrogens is 509 g/mol. The van der Waals surface area contributed by atoms with Gasteiger partial charge in [-0.3, -0.25) is 9.79 Å². The Kier molecular flexibility index (Phi) is 8.38. The molecule has 2 aliphatic heterocycles. The molecule has 4 rings (SSSR count). The van der Waals surface area contributed by atoms with Gasteiger partial charge in [0.2, 0.25) is 5.91 Å². The summed E-state index contributed by atoms with van der Waals surface area (Å²) in [6, 6.07) is 12.6. The van der Waals surface area contributed by atoms with Gasteiger partial charge in [0.1, 0.15) is 0 Å². The van der Waals surface area contributed by atoms with Gasteiger partial charge in [-0.25, -0.2) is 0 Å². The number of guanidine groups is 1. The Bertz CT molecular complexity index is 824. The van der Waals surface area contributed by atoms with E-state index in [9.17, 15) is 4.79 Å². The number of nitrogens with one attached hydrogen (secondary N) is 1. The van der Waals surface area contributed by atoms with Crippen LogP contribution in [0, 0.1) is 0 Å². The molecule has 1 saturated heterocycles. The van der Waals surface area contributed by atoms with Crippen molar-refractivity contribution in [3.63, 3.8) is 0 Å². The van der Waals surface area contributed by atoms with Crippen LogP contribution < -0.4 is 10.2 Å². The lowest BCUT2D eigenvalue weighted by Crippen LogP contribution is -2.52. The Labute approximate surface area is 200 Å². The van der Waals surface area contributed by atoms with Gasteiger partial charge in [0.25, 0.3) is 0 Å².